The lowest BCUT2D eigenvalue weighted by Crippen LogP contribution is -2.37. The van der Waals surface area contributed by atoms with Crippen molar-refractivity contribution in [2.24, 2.45) is 4.99 Å². The van der Waals surface area contributed by atoms with E-state index in [-0.39, 0.29) is 28.7 Å². The number of carbonyl (C=O) groups is 1. The number of halogens is 1. The summed E-state index contributed by atoms with van der Waals surface area (Å²) in [5.74, 6) is -0.0765. The van der Waals surface area contributed by atoms with E-state index >= 15 is 0 Å². The minimum Gasteiger partial charge on any atom is -0.316 e. The predicted molar refractivity (Wildman–Crippen MR) is 85.9 cm³/mol. The highest BCUT2D eigenvalue weighted by molar-refractivity contribution is 8.16. The fraction of sp³-hybridized carbons (Fsp3) is 0.385. The molecule has 0 spiro atoms. The lowest BCUT2D eigenvalue weighted by Gasteiger charge is -2.24. The molecule has 0 unspecified atom stereocenters. The molecule has 0 radical (unpaired) electrons. The van der Waals surface area contributed by atoms with Crippen LogP contribution in [0.25, 0.3) is 0 Å². The van der Waals surface area contributed by atoms with Crippen LogP contribution in [0, 0.1) is 0 Å². The zero-order valence-corrected chi connectivity index (χ0v) is 13.6. The number of aliphatic imine (C=N–C) groups is 1. The molecule has 2 heterocycles. The first-order valence-electron chi connectivity index (χ1n) is 6.37. The highest BCUT2D eigenvalue weighted by Gasteiger charge is 2.49. The van der Waals surface area contributed by atoms with Crippen molar-refractivity contribution in [2.75, 3.05) is 16.4 Å². The molecule has 5 nitrogen and oxygen atoms in total. The molecular formula is C13H13ClN2O3S2. The predicted octanol–water partition coefficient (Wildman–Crippen LogP) is 1.96. The SMILES string of the molecule is CC(=O)N=C1S[C@H]2CS(=O)(=O)C[C@@H]2N1c1ccc(Cl)cc1. The van der Waals surface area contributed by atoms with Crippen molar-refractivity contribution in [1.82, 2.24) is 0 Å². The summed E-state index contributed by atoms with van der Waals surface area (Å²) in [6, 6.07) is 6.92. The van der Waals surface area contributed by atoms with Crippen LogP contribution in [0.4, 0.5) is 5.69 Å². The number of rotatable bonds is 1. The van der Waals surface area contributed by atoms with Crippen molar-refractivity contribution < 1.29 is 13.2 Å². The number of amides is 1. The van der Waals surface area contributed by atoms with Gasteiger partial charge in [-0.25, -0.2) is 8.42 Å². The minimum atomic E-state index is -3.03. The molecule has 8 heteroatoms. The van der Waals surface area contributed by atoms with E-state index in [1.807, 2.05) is 17.0 Å². The smallest absolute Gasteiger partial charge is 0.244 e. The van der Waals surface area contributed by atoms with Gasteiger partial charge in [-0.05, 0) is 24.3 Å². The molecule has 2 atom stereocenters. The maximum atomic E-state index is 11.8. The Hall–Kier alpha value is -1.05. The lowest BCUT2D eigenvalue weighted by atomic mass is 10.2. The molecule has 3 rings (SSSR count). The summed E-state index contributed by atoms with van der Waals surface area (Å²) in [5, 5.41) is 1.09. The number of anilines is 1. The van der Waals surface area contributed by atoms with Crippen molar-refractivity contribution in [1.29, 1.82) is 0 Å². The Balaban J connectivity index is 2.02. The summed E-state index contributed by atoms with van der Waals surface area (Å²) in [6.45, 7) is 1.39. The Labute approximate surface area is 132 Å². The van der Waals surface area contributed by atoms with E-state index in [1.54, 1.807) is 12.1 Å². The Morgan fingerprint density at radius 2 is 2.00 bits per heavy atom. The van der Waals surface area contributed by atoms with Crippen LogP contribution in [0.15, 0.2) is 29.3 Å². The van der Waals surface area contributed by atoms with Crippen LogP contribution in [0.2, 0.25) is 5.02 Å². The van der Waals surface area contributed by atoms with Gasteiger partial charge in [0.1, 0.15) is 0 Å². The van der Waals surface area contributed by atoms with E-state index in [4.69, 9.17) is 11.6 Å². The van der Waals surface area contributed by atoms with Gasteiger partial charge in [-0.1, -0.05) is 23.4 Å². The fourth-order valence-electron chi connectivity index (χ4n) is 2.60. The molecule has 2 fully saturated rings. The molecule has 0 N–H and O–H groups in total. The first kappa shape index (κ1) is 14.9. The van der Waals surface area contributed by atoms with E-state index in [0.29, 0.717) is 10.2 Å². The summed E-state index contributed by atoms with van der Waals surface area (Å²) >= 11 is 7.25. The van der Waals surface area contributed by atoms with Crippen LogP contribution >= 0.6 is 23.4 Å². The maximum absolute atomic E-state index is 11.8. The van der Waals surface area contributed by atoms with Crippen molar-refractivity contribution >= 4 is 50.0 Å². The third-order valence-corrected chi connectivity index (χ3v) is 6.89. The molecule has 2 aliphatic rings. The van der Waals surface area contributed by atoms with Gasteiger partial charge in [0.05, 0.1) is 17.5 Å². The molecule has 112 valence electrons. The van der Waals surface area contributed by atoms with Crippen molar-refractivity contribution in [3.05, 3.63) is 29.3 Å². The molecule has 2 aliphatic heterocycles. The van der Waals surface area contributed by atoms with Gasteiger partial charge in [-0.2, -0.15) is 4.99 Å². The lowest BCUT2D eigenvalue weighted by molar-refractivity contribution is -0.115. The van der Waals surface area contributed by atoms with Crippen LogP contribution in [0.5, 0.6) is 0 Å². The molecule has 0 bridgehead atoms. The number of carbonyl (C=O) groups excluding carboxylic acids is 1. The number of thioether (sulfide) groups is 1. The second-order valence-corrected chi connectivity index (χ2v) is 8.86. The van der Waals surface area contributed by atoms with Crippen molar-refractivity contribution in [3.63, 3.8) is 0 Å². The standard InChI is InChI=1S/C13H13ClN2O3S2/c1-8(17)15-13-16(10-4-2-9(14)3-5-10)11-6-21(18,19)7-12(11)20-13/h2-5,11-12H,6-7H2,1H3/t11-,12-/m0/s1. The van der Waals surface area contributed by atoms with Gasteiger partial charge >= 0.3 is 0 Å². The van der Waals surface area contributed by atoms with Crippen LogP contribution in [-0.4, -0.2) is 42.3 Å². The Kier molecular flexibility index (Phi) is 3.75. The zero-order chi connectivity index (χ0) is 15.2. The van der Waals surface area contributed by atoms with E-state index in [1.165, 1.54) is 18.7 Å². The topological polar surface area (TPSA) is 66.8 Å². The number of hydrogen-bond donors (Lipinski definition) is 0. The normalized spacial score (nSPS) is 28.9. The van der Waals surface area contributed by atoms with Gasteiger partial charge < -0.3 is 4.90 Å². The second kappa shape index (κ2) is 5.30. The van der Waals surface area contributed by atoms with Gasteiger partial charge in [0.15, 0.2) is 15.0 Å². The third kappa shape index (κ3) is 2.95. The number of sulfone groups is 1. The fourth-order valence-corrected chi connectivity index (χ4v) is 6.69. The number of benzene rings is 1. The van der Waals surface area contributed by atoms with Crippen molar-refractivity contribution in [3.8, 4) is 0 Å². The molecule has 0 aliphatic carbocycles. The molecule has 2 saturated heterocycles. The molecule has 1 aromatic carbocycles. The van der Waals surface area contributed by atoms with Gasteiger partial charge in [0.25, 0.3) is 0 Å². The number of nitrogens with zero attached hydrogens (tertiary/aromatic N) is 2. The van der Waals surface area contributed by atoms with Crippen LogP contribution < -0.4 is 4.90 Å². The van der Waals surface area contributed by atoms with Gasteiger partial charge in [0, 0.05) is 22.9 Å². The van der Waals surface area contributed by atoms with Gasteiger partial charge in [0.2, 0.25) is 5.91 Å². The zero-order valence-electron chi connectivity index (χ0n) is 11.2. The Morgan fingerprint density at radius 3 is 2.62 bits per heavy atom. The highest BCUT2D eigenvalue weighted by Crippen LogP contribution is 2.41. The first-order valence-corrected chi connectivity index (χ1v) is 9.45. The summed E-state index contributed by atoms with van der Waals surface area (Å²) in [6.07, 6.45) is 0. The third-order valence-electron chi connectivity index (χ3n) is 3.42. The van der Waals surface area contributed by atoms with Crippen LogP contribution in [-0.2, 0) is 14.6 Å². The Bertz CT molecular complexity index is 715. The quantitative estimate of drug-likeness (QED) is 0.779. The number of hydrogen-bond acceptors (Lipinski definition) is 4. The number of amidine groups is 1. The summed E-state index contributed by atoms with van der Waals surface area (Å²) in [4.78, 5) is 17.2. The van der Waals surface area contributed by atoms with Crippen LogP contribution in [0.3, 0.4) is 0 Å². The second-order valence-electron chi connectivity index (χ2n) is 5.06. The van der Waals surface area contributed by atoms with E-state index in [2.05, 4.69) is 4.99 Å². The largest absolute Gasteiger partial charge is 0.316 e. The molecule has 21 heavy (non-hydrogen) atoms. The van der Waals surface area contributed by atoms with Crippen LogP contribution in [0.1, 0.15) is 6.92 Å². The summed E-state index contributed by atoms with van der Waals surface area (Å²) < 4.78 is 23.7. The van der Waals surface area contributed by atoms with E-state index < -0.39 is 9.84 Å². The summed E-state index contributed by atoms with van der Waals surface area (Å²) in [7, 11) is -3.03. The monoisotopic (exact) mass is 344 g/mol. The Morgan fingerprint density at radius 1 is 1.33 bits per heavy atom. The van der Waals surface area contributed by atoms with Crippen molar-refractivity contribution in [2.45, 2.75) is 18.2 Å². The average molecular weight is 345 g/mol. The summed E-state index contributed by atoms with van der Waals surface area (Å²) in [5.41, 5.74) is 0.802. The molecule has 0 aromatic heterocycles. The first-order chi connectivity index (χ1) is 9.85. The average Bonchev–Trinajstić information content (AvgIpc) is 2.81. The molecule has 1 amide bonds. The minimum absolute atomic E-state index is 0.0798. The van der Waals surface area contributed by atoms with Gasteiger partial charge in [-0.3, -0.25) is 4.79 Å². The number of fused-ring (bicyclic) bond motifs is 1. The molecule has 0 saturated carbocycles. The highest BCUT2D eigenvalue weighted by atomic mass is 35.5. The van der Waals surface area contributed by atoms with Gasteiger partial charge in [-0.15, -0.1) is 0 Å². The maximum Gasteiger partial charge on any atom is 0.244 e. The van der Waals surface area contributed by atoms with E-state index in [9.17, 15) is 13.2 Å². The van der Waals surface area contributed by atoms with E-state index in [0.717, 1.165) is 5.69 Å². The molecule has 1 aromatic rings. The molecular weight excluding hydrogens is 332 g/mol.